The molecule has 0 saturated carbocycles. The standard InChI is InChI=1S/C15H22N2O2/c1-16(2)13-8-9-17(11-15(18)19)14(13)10-12-6-4-3-5-7-12/h3-7,13-14H,8-11H2,1-2H3,(H,18,19)/t13-,14+/m1/s1. The largest absolute Gasteiger partial charge is 0.480 e. The van der Waals surface area contributed by atoms with Gasteiger partial charge >= 0.3 is 5.97 Å². The lowest BCUT2D eigenvalue weighted by Gasteiger charge is -2.30. The molecule has 4 nitrogen and oxygen atoms in total. The highest BCUT2D eigenvalue weighted by Gasteiger charge is 2.36. The van der Waals surface area contributed by atoms with Gasteiger partial charge in [-0.05, 0) is 32.5 Å². The van der Waals surface area contributed by atoms with Crippen LogP contribution in [0, 0.1) is 0 Å². The zero-order valence-electron chi connectivity index (χ0n) is 11.6. The molecule has 0 bridgehead atoms. The molecule has 1 aromatic rings. The normalized spacial score (nSPS) is 23.9. The van der Waals surface area contributed by atoms with Crippen LogP contribution in [0.2, 0.25) is 0 Å². The van der Waals surface area contributed by atoms with Crippen molar-refractivity contribution in [3.63, 3.8) is 0 Å². The van der Waals surface area contributed by atoms with Crippen LogP contribution >= 0.6 is 0 Å². The average molecular weight is 262 g/mol. The van der Waals surface area contributed by atoms with E-state index in [0.29, 0.717) is 6.04 Å². The number of likely N-dealkylation sites (tertiary alicyclic amines) is 1. The van der Waals surface area contributed by atoms with Gasteiger partial charge in [-0.3, -0.25) is 9.69 Å². The smallest absolute Gasteiger partial charge is 0.317 e. The van der Waals surface area contributed by atoms with E-state index in [-0.39, 0.29) is 12.6 Å². The van der Waals surface area contributed by atoms with Crippen molar-refractivity contribution < 1.29 is 9.90 Å². The van der Waals surface area contributed by atoms with Crippen LogP contribution < -0.4 is 0 Å². The Morgan fingerprint density at radius 3 is 2.63 bits per heavy atom. The number of likely N-dealkylation sites (N-methyl/N-ethyl adjacent to an activating group) is 1. The molecule has 2 atom stereocenters. The lowest BCUT2D eigenvalue weighted by molar-refractivity contribution is -0.138. The molecule has 1 heterocycles. The molecular weight excluding hydrogens is 240 g/mol. The highest BCUT2D eigenvalue weighted by Crippen LogP contribution is 2.24. The Labute approximate surface area is 114 Å². The minimum atomic E-state index is -0.738. The molecule has 4 heteroatoms. The van der Waals surface area contributed by atoms with Crippen LogP contribution in [0.5, 0.6) is 0 Å². The highest BCUT2D eigenvalue weighted by molar-refractivity contribution is 5.69. The minimum Gasteiger partial charge on any atom is -0.480 e. The van der Waals surface area contributed by atoms with Gasteiger partial charge in [0.2, 0.25) is 0 Å². The fraction of sp³-hybridized carbons (Fsp3) is 0.533. The summed E-state index contributed by atoms with van der Waals surface area (Å²) in [6, 6.07) is 11.0. The summed E-state index contributed by atoms with van der Waals surface area (Å²) in [5.41, 5.74) is 1.27. The van der Waals surface area contributed by atoms with E-state index in [4.69, 9.17) is 5.11 Å². The zero-order valence-corrected chi connectivity index (χ0v) is 11.6. The summed E-state index contributed by atoms with van der Waals surface area (Å²) < 4.78 is 0. The molecule has 0 radical (unpaired) electrons. The number of hydrogen-bond acceptors (Lipinski definition) is 3. The minimum absolute atomic E-state index is 0.141. The maximum atomic E-state index is 11.0. The van der Waals surface area contributed by atoms with Gasteiger partial charge in [-0.25, -0.2) is 0 Å². The summed E-state index contributed by atoms with van der Waals surface area (Å²) in [7, 11) is 4.15. The SMILES string of the molecule is CN(C)[C@@H]1CCN(CC(=O)O)[C@H]1Cc1ccccc1. The first kappa shape index (κ1) is 14.0. The molecule has 2 rings (SSSR count). The van der Waals surface area contributed by atoms with Crippen LogP contribution in [-0.4, -0.2) is 60.1 Å². The van der Waals surface area contributed by atoms with E-state index in [9.17, 15) is 4.79 Å². The molecule has 1 aliphatic heterocycles. The van der Waals surface area contributed by atoms with Gasteiger partial charge in [0.25, 0.3) is 0 Å². The summed E-state index contributed by atoms with van der Waals surface area (Å²) >= 11 is 0. The third-order valence-electron chi connectivity index (χ3n) is 3.91. The lowest BCUT2D eigenvalue weighted by atomic mass is 9.99. The fourth-order valence-electron chi connectivity index (χ4n) is 2.99. The van der Waals surface area contributed by atoms with Gasteiger partial charge in [0.1, 0.15) is 0 Å². The van der Waals surface area contributed by atoms with Crippen LogP contribution in [0.1, 0.15) is 12.0 Å². The Hall–Kier alpha value is -1.39. The van der Waals surface area contributed by atoms with E-state index in [1.807, 2.05) is 18.2 Å². The van der Waals surface area contributed by atoms with Crippen molar-refractivity contribution in [2.24, 2.45) is 0 Å². The quantitative estimate of drug-likeness (QED) is 0.869. The molecule has 1 saturated heterocycles. The molecule has 1 N–H and O–H groups in total. The van der Waals surface area contributed by atoms with Gasteiger partial charge in [0, 0.05) is 18.6 Å². The molecule has 0 aliphatic carbocycles. The van der Waals surface area contributed by atoms with Crippen molar-refractivity contribution in [2.75, 3.05) is 27.2 Å². The van der Waals surface area contributed by atoms with Gasteiger partial charge < -0.3 is 10.0 Å². The van der Waals surface area contributed by atoms with Gasteiger partial charge in [0.15, 0.2) is 0 Å². The third-order valence-corrected chi connectivity index (χ3v) is 3.91. The topological polar surface area (TPSA) is 43.8 Å². The van der Waals surface area contributed by atoms with Crippen molar-refractivity contribution in [1.82, 2.24) is 9.80 Å². The van der Waals surface area contributed by atoms with E-state index in [0.717, 1.165) is 19.4 Å². The van der Waals surface area contributed by atoms with Crippen LogP contribution in [0.3, 0.4) is 0 Å². The number of nitrogens with zero attached hydrogens (tertiary/aromatic N) is 2. The van der Waals surface area contributed by atoms with E-state index in [1.165, 1.54) is 5.56 Å². The summed E-state index contributed by atoms with van der Waals surface area (Å²) in [6.07, 6.45) is 1.95. The van der Waals surface area contributed by atoms with Crippen molar-refractivity contribution in [1.29, 1.82) is 0 Å². The molecule has 19 heavy (non-hydrogen) atoms. The number of hydrogen-bond donors (Lipinski definition) is 1. The van der Waals surface area contributed by atoms with Crippen molar-refractivity contribution in [2.45, 2.75) is 24.9 Å². The number of rotatable bonds is 5. The molecule has 104 valence electrons. The lowest BCUT2D eigenvalue weighted by Crippen LogP contribution is -2.45. The van der Waals surface area contributed by atoms with E-state index < -0.39 is 5.97 Å². The molecule has 1 fully saturated rings. The first-order chi connectivity index (χ1) is 9.08. The van der Waals surface area contributed by atoms with Crippen LogP contribution in [-0.2, 0) is 11.2 Å². The second kappa shape index (κ2) is 6.17. The molecule has 1 aliphatic rings. The fourth-order valence-corrected chi connectivity index (χ4v) is 2.99. The molecule has 0 spiro atoms. The van der Waals surface area contributed by atoms with Crippen LogP contribution in [0.25, 0.3) is 0 Å². The Morgan fingerprint density at radius 2 is 2.05 bits per heavy atom. The van der Waals surface area contributed by atoms with Gasteiger partial charge in [0.05, 0.1) is 6.54 Å². The first-order valence-corrected chi connectivity index (χ1v) is 6.74. The van der Waals surface area contributed by atoms with E-state index >= 15 is 0 Å². The van der Waals surface area contributed by atoms with Crippen molar-refractivity contribution in [3.05, 3.63) is 35.9 Å². The number of aliphatic carboxylic acids is 1. The average Bonchev–Trinajstić information content (AvgIpc) is 2.73. The number of carboxylic acids is 1. The Bertz CT molecular complexity index is 419. The van der Waals surface area contributed by atoms with Crippen LogP contribution in [0.15, 0.2) is 30.3 Å². The Balaban J connectivity index is 2.12. The highest BCUT2D eigenvalue weighted by atomic mass is 16.4. The molecule has 1 aromatic carbocycles. The summed E-state index contributed by atoms with van der Waals surface area (Å²) in [5, 5.41) is 9.03. The summed E-state index contributed by atoms with van der Waals surface area (Å²) in [6.45, 7) is 1.01. The predicted octanol–water partition coefficient (Wildman–Crippen LogP) is 1.32. The Morgan fingerprint density at radius 1 is 1.37 bits per heavy atom. The maximum Gasteiger partial charge on any atom is 0.317 e. The predicted molar refractivity (Wildman–Crippen MR) is 75.2 cm³/mol. The van der Waals surface area contributed by atoms with Crippen molar-refractivity contribution in [3.8, 4) is 0 Å². The molecular formula is C15H22N2O2. The summed E-state index contributed by atoms with van der Waals surface area (Å²) in [4.78, 5) is 15.3. The van der Waals surface area contributed by atoms with Crippen LogP contribution in [0.4, 0.5) is 0 Å². The first-order valence-electron chi connectivity index (χ1n) is 6.74. The maximum absolute atomic E-state index is 11.0. The third kappa shape index (κ3) is 3.55. The van der Waals surface area contributed by atoms with E-state index in [2.05, 4.69) is 36.0 Å². The van der Waals surface area contributed by atoms with Gasteiger partial charge in [-0.1, -0.05) is 30.3 Å². The second-order valence-corrected chi connectivity index (χ2v) is 5.44. The number of benzene rings is 1. The second-order valence-electron chi connectivity index (χ2n) is 5.44. The van der Waals surface area contributed by atoms with E-state index in [1.54, 1.807) is 0 Å². The molecule has 0 amide bonds. The van der Waals surface area contributed by atoms with Crippen molar-refractivity contribution >= 4 is 5.97 Å². The van der Waals surface area contributed by atoms with Gasteiger partial charge in [-0.15, -0.1) is 0 Å². The zero-order chi connectivity index (χ0) is 13.8. The summed E-state index contributed by atoms with van der Waals surface area (Å²) in [5.74, 6) is -0.738. The Kier molecular flexibility index (Phi) is 4.56. The van der Waals surface area contributed by atoms with Gasteiger partial charge in [-0.2, -0.15) is 0 Å². The number of carboxylic acid groups (broad SMARTS) is 1. The monoisotopic (exact) mass is 262 g/mol. The molecule has 0 unspecified atom stereocenters. The molecule has 0 aromatic heterocycles. The number of carbonyl (C=O) groups is 1.